The summed E-state index contributed by atoms with van der Waals surface area (Å²) < 4.78 is 42.9. The molecule has 4 nitrogen and oxygen atoms in total. The van der Waals surface area contributed by atoms with Gasteiger partial charge in [-0.3, -0.25) is 9.69 Å². The number of piperidine rings is 1. The second-order valence-electron chi connectivity index (χ2n) is 6.14. The SMILES string of the molecule is CCCOc1ccc(Cl)cc1NC(=O)C1CCN(CC(F)(F)F)CC1. The Morgan fingerprint density at radius 1 is 1.36 bits per heavy atom. The van der Waals surface area contributed by atoms with E-state index < -0.39 is 12.7 Å². The highest BCUT2D eigenvalue weighted by Gasteiger charge is 2.34. The van der Waals surface area contributed by atoms with Crippen molar-refractivity contribution in [3.8, 4) is 5.75 Å². The first-order chi connectivity index (χ1) is 11.8. The van der Waals surface area contributed by atoms with E-state index >= 15 is 0 Å². The van der Waals surface area contributed by atoms with Crippen molar-refractivity contribution in [1.29, 1.82) is 0 Å². The Morgan fingerprint density at radius 3 is 2.64 bits per heavy atom. The van der Waals surface area contributed by atoms with Crippen LogP contribution in [0.2, 0.25) is 5.02 Å². The van der Waals surface area contributed by atoms with Gasteiger partial charge in [-0.15, -0.1) is 0 Å². The Bertz CT molecular complexity index is 588. The number of anilines is 1. The van der Waals surface area contributed by atoms with Crippen LogP contribution in [0.15, 0.2) is 18.2 Å². The number of likely N-dealkylation sites (tertiary alicyclic amines) is 1. The molecule has 0 radical (unpaired) electrons. The molecule has 2 rings (SSSR count). The van der Waals surface area contributed by atoms with Crippen LogP contribution in [0.4, 0.5) is 18.9 Å². The van der Waals surface area contributed by atoms with E-state index in [1.807, 2.05) is 6.92 Å². The van der Waals surface area contributed by atoms with Gasteiger partial charge in [-0.2, -0.15) is 13.2 Å². The van der Waals surface area contributed by atoms with Gasteiger partial charge in [0.1, 0.15) is 5.75 Å². The van der Waals surface area contributed by atoms with Crippen LogP contribution in [-0.2, 0) is 4.79 Å². The fourth-order valence-electron chi connectivity index (χ4n) is 2.78. The summed E-state index contributed by atoms with van der Waals surface area (Å²) in [5.74, 6) is 0.00636. The van der Waals surface area contributed by atoms with Crippen LogP contribution < -0.4 is 10.1 Å². The summed E-state index contributed by atoms with van der Waals surface area (Å²) in [6, 6.07) is 4.99. The Kier molecular flexibility index (Phi) is 6.95. The largest absolute Gasteiger partial charge is 0.491 e. The van der Waals surface area contributed by atoms with E-state index in [1.165, 1.54) is 4.90 Å². The summed E-state index contributed by atoms with van der Waals surface area (Å²) in [6.07, 6.45) is -2.59. The summed E-state index contributed by atoms with van der Waals surface area (Å²) in [4.78, 5) is 13.8. The standard InChI is InChI=1S/C17H22ClF3N2O2/c1-2-9-25-15-4-3-13(18)10-14(15)22-16(24)12-5-7-23(8-6-12)11-17(19,20)21/h3-4,10,12H,2,5-9,11H2,1H3,(H,22,24). The molecule has 1 heterocycles. The average Bonchev–Trinajstić information content (AvgIpc) is 2.53. The van der Waals surface area contributed by atoms with Gasteiger partial charge in [0.05, 0.1) is 18.8 Å². The molecule has 0 atom stereocenters. The second-order valence-corrected chi connectivity index (χ2v) is 6.58. The quantitative estimate of drug-likeness (QED) is 0.800. The van der Waals surface area contributed by atoms with Crippen molar-refractivity contribution in [2.75, 3.05) is 31.6 Å². The van der Waals surface area contributed by atoms with Gasteiger partial charge in [0.15, 0.2) is 0 Å². The van der Waals surface area contributed by atoms with E-state index in [4.69, 9.17) is 16.3 Å². The highest BCUT2D eigenvalue weighted by Crippen LogP contribution is 2.30. The van der Waals surface area contributed by atoms with Gasteiger partial charge in [-0.05, 0) is 50.6 Å². The minimum atomic E-state index is -4.21. The predicted molar refractivity (Wildman–Crippen MR) is 91.1 cm³/mol. The summed E-state index contributed by atoms with van der Waals surface area (Å²) in [5, 5.41) is 3.28. The van der Waals surface area contributed by atoms with E-state index in [0.29, 0.717) is 35.9 Å². The molecule has 1 N–H and O–H groups in total. The van der Waals surface area contributed by atoms with E-state index in [1.54, 1.807) is 18.2 Å². The number of benzene rings is 1. The molecule has 0 saturated carbocycles. The van der Waals surface area contributed by atoms with Gasteiger partial charge in [0.25, 0.3) is 0 Å². The van der Waals surface area contributed by atoms with Crippen molar-refractivity contribution < 1.29 is 22.7 Å². The molecule has 1 aliphatic rings. The Hall–Kier alpha value is -1.47. The Balaban J connectivity index is 1.93. The summed E-state index contributed by atoms with van der Waals surface area (Å²) in [6.45, 7) is 2.08. The number of halogens is 4. The first-order valence-electron chi connectivity index (χ1n) is 8.31. The normalized spacial score (nSPS) is 16.7. The minimum Gasteiger partial charge on any atom is -0.491 e. The molecule has 0 spiro atoms. The molecule has 1 aromatic carbocycles. The third-order valence-corrected chi connectivity index (χ3v) is 4.26. The topological polar surface area (TPSA) is 41.6 Å². The second kappa shape index (κ2) is 8.76. The van der Waals surface area contributed by atoms with Crippen LogP contribution in [0, 0.1) is 5.92 Å². The van der Waals surface area contributed by atoms with E-state index in [9.17, 15) is 18.0 Å². The van der Waals surface area contributed by atoms with Gasteiger partial charge in [-0.25, -0.2) is 0 Å². The molecule has 25 heavy (non-hydrogen) atoms. The zero-order chi connectivity index (χ0) is 18.4. The summed E-state index contributed by atoms with van der Waals surface area (Å²) in [7, 11) is 0. The van der Waals surface area contributed by atoms with Gasteiger partial charge < -0.3 is 10.1 Å². The lowest BCUT2D eigenvalue weighted by atomic mass is 9.95. The smallest absolute Gasteiger partial charge is 0.401 e. The van der Waals surface area contributed by atoms with Crippen LogP contribution in [0.3, 0.4) is 0 Å². The Morgan fingerprint density at radius 2 is 2.04 bits per heavy atom. The molecule has 1 amide bonds. The molecular weight excluding hydrogens is 357 g/mol. The monoisotopic (exact) mass is 378 g/mol. The lowest BCUT2D eigenvalue weighted by molar-refractivity contribution is -0.149. The van der Waals surface area contributed by atoms with Gasteiger partial charge in [0, 0.05) is 10.9 Å². The summed E-state index contributed by atoms with van der Waals surface area (Å²) in [5.41, 5.74) is 0.490. The third kappa shape index (κ3) is 6.40. The van der Waals surface area contributed by atoms with Crippen molar-refractivity contribution in [2.24, 2.45) is 5.92 Å². The fourth-order valence-corrected chi connectivity index (χ4v) is 2.95. The third-order valence-electron chi connectivity index (χ3n) is 4.02. The van der Waals surface area contributed by atoms with E-state index in [-0.39, 0.29) is 24.9 Å². The number of nitrogens with one attached hydrogen (secondary N) is 1. The molecule has 1 saturated heterocycles. The number of carbonyl (C=O) groups is 1. The molecule has 140 valence electrons. The van der Waals surface area contributed by atoms with E-state index in [2.05, 4.69) is 5.32 Å². The number of carbonyl (C=O) groups excluding carboxylic acids is 1. The number of amides is 1. The molecule has 1 aliphatic heterocycles. The number of rotatable bonds is 6. The fraction of sp³-hybridized carbons (Fsp3) is 0.588. The average molecular weight is 379 g/mol. The van der Waals surface area contributed by atoms with Crippen LogP contribution in [-0.4, -0.2) is 43.2 Å². The van der Waals surface area contributed by atoms with Crippen molar-refractivity contribution in [2.45, 2.75) is 32.4 Å². The number of nitrogens with zero attached hydrogens (tertiary/aromatic N) is 1. The van der Waals surface area contributed by atoms with Crippen molar-refractivity contribution in [3.63, 3.8) is 0 Å². The molecule has 0 aromatic heterocycles. The predicted octanol–water partition coefficient (Wildman–Crippen LogP) is 4.34. The van der Waals surface area contributed by atoms with Crippen LogP contribution in [0.5, 0.6) is 5.75 Å². The molecule has 0 unspecified atom stereocenters. The first kappa shape index (κ1) is 19.8. The molecule has 1 fully saturated rings. The molecular formula is C17H22ClF3N2O2. The number of hydrogen-bond donors (Lipinski definition) is 1. The van der Waals surface area contributed by atoms with Crippen LogP contribution in [0.25, 0.3) is 0 Å². The van der Waals surface area contributed by atoms with Gasteiger partial charge in [0.2, 0.25) is 5.91 Å². The highest BCUT2D eigenvalue weighted by molar-refractivity contribution is 6.31. The lowest BCUT2D eigenvalue weighted by Gasteiger charge is -2.31. The number of ether oxygens (including phenoxy) is 1. The molecule has 0 aliphatic carbocycles. The van der Waals surface area contributed by atoms with Crippen molar-refractivity contribution in [1.82, 2.24) is 4.90 Å². The lowest BCUT2D eigenvalue weighted by Crippen LogP contribution is -2.42. The molecule has 1 aromatic rings. The minimum absolute atomic E-state index is 0.213. The maximum atomic E-state index is 12.4. The van der Waals surface area contributed by atoms with Crippen molar-refractivity contribution in [3.05, 3.63) is 23.2 Å². The van der Waals surface area contributed by atoms with Crippen LogP contribution >= 0.6 is 11.6 Å². The maximum Gasteiger partial charge on any atom is 0.401 e. The van der Waals surface area contributed by atoms with Gasteiger partial charge in [-0.1, -0.05) is 18.5 Å². The van der Waals surface area contributed by atoms with Crippen molar-refractivity contribution >= 4 is 23.2 Å². The van der Waals surface area contributed by atoms with Crippen LogP contribution in [0.1, 0.15) is 26.2 Å². The maximum absolute atomic E-state index is 12.4. The highest BCUT2D eigenvalue weighted by atomic mass is 35.5. The zero-order valence-electron chi connectivity index (χ0n) is 14.0. The van der Waals surface area contributed by atoms with E-state index in [0.717, 1.165) is 6.42 Å². The number of hydrogen-bond acceptors (Lipinski definition) is 3. The van der Waals surface area contributed by atoms with Gasteiger partial charge >= 0.3 is 6.18 Å². The first-order valence-corrected chi connectivity index (χ1v) is 8.68. The molecule has 8 heteroatoms. The Labute approximate surface area is 150 Å². The number of alkyl halides is 3. The summed E-state index contributed by atoms with van der Waals surface area (Å²) >= 11 is 5.98. The molecule has 0 bridgehead atoms. The zero-order valence-corrected chi connectivity index (χ0v) is 14.8.